The molecule has 0 aromatic heterocycles. The van der Waals surface area contributed by atoms with Gasteiger partial charge in [0, 0.05) is 22.4 Å². The van der Waals surface area contributed by atoms with Crippen molar-refractivity contribution in [3.63, 3.8) is 0 Å². The Morgan fingerprint density at radius 3 is 1.60 bits per heavy atom. The van der Waals surface area contributed by atoms with E-state index in [0.717, 1.165) is 17.5 Å². The molecule has 0 aliphatic heterocycles. The first-order valence-corrected chi connectivity index (χ1v) is 19.5. The van der Waals surface area contributed by atoms with Crippen molar-refractivity contribution in [1.29, 1.82) is 0 Å². The summed E-state index contributed by atoms with van der Waals surface area (Å²) in [6.45, 7) is 4.77. The summed E-state index contributed by atoms with van der Waals surface area (Å²) in [4.78, 5) is 2.51. The Hall–Kier alpha value is -5.66. The number of rotatable bonds is 7. The lowest BCUT2D eigenvalue weighted by Gasteiger charge is -2.31. The van der Waals surface area contributed by atoms with E-state index in [1.807, 2.05) is 0 Å². The quantitative estimate of drug-likeness (QED) is 0.162. The summed E-state index contributed by atoms with van der Waals surface area (Å²) >= 11 is 0. The average Bonchev–Trinajstić information content (AvgIpc) is 3.92. The van der Waals surface area contributed by atoms with E-state index in [2.05, 4.69) is 189 Å². The Bertz CT molecular complexity index is 2420. The molecule has 1 heteroatoms. The molecule has 7 aromatic rings. The van der Waals surface area contributed by atoms with Gasteiger partial charge in [-0.3, -0.25) is 0 Å². The van der Waals surface area contributed by atoms with Crippen LogP contribution in [-0.2, 0) is 5.41 Å². The van der Waals surface area contributed by atoms with Gasteiger partial charge in [0.25, 0.3) is 0 Å². The lowest BCUT2D eigenvalue weighted by atomic mass is 9.81. The number of benzene rings is 7. The highest BCUT2D eigenvalue weighted by molar-refractivity contribution is 5.95. The smallest absolute Gasteiger partial charge is 0.0543 e. The fourth-order valence-electron chi connectivity index (χ4n) is 10.1. The monoisotopic (exact) mass is 683 g/mol. The summed E-state index contributed by atoms with van der Waals surface area (Å²) < 4.78 is 0. The van der Waals surface area contributed by atoms with Crippen molar-refractivity contribution >= 4 is 17.1 Å². The molecule has 3 atom stereocenters. The molecule has 2 bridgehead atoms. The number of nitrogens with zero attached hydrogens (tertiary/aromatic N) is 1. The first-order chi connectivity index (χ1) is 26.0. The van der Waals surface area contributed by atoms with E-state index in [-0.39, 0.29) is 5.41 Å². The lowest BCUT2D eigenvalue weighted by molar-refractivity contribution is 0.420. The molecule has 258 valence electrons. The maximum atomic E-state index is 2.51. The van der Waals surface area contributed by atoms with Gasteiger partial charge in [-0.2, -0.15) is 0 Å². The molecule has 2 fully saturated rings. The van der Waals surface area contributed by atoms with E-state index in [9.17, 15) is 0 Å². The molecular weight excluding hydrogens is 639 g/mol. The van der Waals surface area contributed by atoms with Crippen LogP contribution in [0.1, 0.15) is 62.1 Å². The van der Waals surface area contributed by atoms with Crippen LogP contribution < -0.4 is 4.90 Å². The van der Waals surface area contributed by atoms with Crippen LogP contribution in [0.4, 0.5) is 17.1 Å². The highest BCUT2D eigenvalue weighted by Crippen LogP contribution is 2.55. The minimum absolute atomic E-state index is 0.113. The van der Waals surface area contributed by atoms with Gasteiger partial charge in [0.05, 0.1) is 5.69 Å². The number of hydrogen-bond donors (Lipinski definition) is 0. The second-order valence-electron chi connectivity index (χ2n) is 16.1. The molecule has 3 unspecified atom stereocenters. The molecule has 3 aliphatic carbocycles. The normalized spacial score (nSPS) is 19.2. The molecule has 2 saturated carbocycles. The van der Waals surface area contributed by atoms with E-state index in [1.54, 1.807) is 0 Å². The first kappa shape index (κ1) is 32.0. The van der Waals surface area contributed by atoms with Gasteiger partial charge in [-0.1, -0.05) is 154 Å². The summed E-state index contributed by atoms with van der Waals surface area (Å²) in [6.07, 6.45) is 5.61. The van der Waals surface area contributed by atoms with Crippen LogP contribution >= 0.6 is 0 Å². The summed E-state index contributed by atoms with van der Waals surface area (Å²) in [5.74, 6) is 2.50. The second kappa shape index (κ2) is 12.8. The van der Waals surface area contributed by atoms with Crippen molar-refractivity contribution in [3.05, 3.63) is 187 Å². The summed E-state index contributed by atoms with van der Waals surface area (Å²) in [5, 5.41) is 0. The van der Waals surface area contributed by atoms with Gasteiger partial charge in [-0.05, 0) is 129 Å². The molecule has 0 spiro atoms. The van der Waals surface area contributed by atoms with Gasteiger partial charge in [-0.25, -0.2) is 0 Å². The third-order valence-corrected chi connectivity index (χ3v) is 12.8. The van der Waals surface area contributed by atoms with Crippen molar-refractivity contribution in [2.24, 2.45) is 11.8 Å². The maximum Gasteiger partial charge on any atom is 0.0543 e. The zero-order valence-electron chi connectivity index (χ0n) is 30.7. The van der Waals surface area contributed by atoms with Crippen LogP contribution in [0, 0.1) is 11.8 Å². The Labute approximate surface area is 314 Å². The molecule has 0 amide bonds. The number of fused-ring (bicyclic) bond motifs is 5. The minimum Gasteiger partial charge on any atom is -0.310 e. The molecule has 0 heterocycles. The Kier molecular flexibility index (Phi) is 7.72. The van der Waals surface area contributed by atoms with Gasteiger partial charge < -0.3 is 4.90 Å². The van der Waals surface area contributed by atoms with Crippen LogP contribution in [0.2, 0.25) is 0 Å². The molecule has 0 saturated heterocycles. The second-order valence-corrected chi connectivity index (χ2v) is 16.1. The van der Waals surface area contributed by atoms with Crippen LogP contribution in [0.5, 0.6) is 0 Å². The third-order valence-electron chi connectivity index (χ3n) is 12.8. The molecule has 3 aliphatic rings. The van der Waals surface area contributed by atoms with Crippen molar-refractivity contribution in [2.75, 3.05) is 4.90 Å². The Balaban J connectivity index is 1.14. The van der Waals surface area contributed by atoms with E-state index in [4.69, 9.17) is 0 Å². The molecule has 1 nitrogen and oxygen atoms in total. The van der Waals surface area contributed by atoms with E-state index >= 15 is 0 Å². The molecule has 0 radical (unpaired) electrons. The van der Waals surface area contributed by atoms with E-state index in [0.29, 0.717) is 5.92 Å². The number of anilines is 3. The van der Waals surface area contributed by atoms with Crippen LogP contribution in [0.15, 0.2) is 170 Å². The molecule has 0 N–H and O–H groups in total. The third kappa shape index (κ3) is 5.45. The van der Waals surface area contributed by atoms with Crippen LogP contribution in [-0.4, -0.2) is 0 Å². The van der Waals surface area contributed by atoms with Gasteiger partial charge >= 0.3 is 0 Å². The molecule has 10 rings (SSSR count). The number of hydrogen-bond acceptors (Lipinski definition) is 1. The van der Waals surface area contributed by atoms with Gasteiger partial charge in [0.15, 0.2) is 0 Å². The summed E-state index contributed by atoms with van der Waals surface area (Å²) in [7, 11) is 0. The zero-order chi connectivity index (χ0) is 35.5. The predicted molar refractivity (Wildman–Crippen MR) is 223 cm³/mol. The molecular formula is C52H45N. The maximum absolute atomic E-state index is 2.51. The van der Waals surface area contributed by atoms with Gasteiger partial charge in [-0.15, -0.1) is 0 Å². The topological polar surface area (TPSA) is 3.24 Å². The fourth-order valence-corrected chi connectivity index (χ4v) is 10.1. The zero-order valence-corrected chi connectivity index (χ0v) is 30.7. The van der Waals surface area contributed by atoms with Gasteiger partial charge in [0.1, 0.15) is 0 Å². The van der Waals surface area contributed by atoms with Crippen molar-refractivity contribution in [3.8, 4) is 44.5 Å². The Morgan fingerprint density at radius 2 is 1.00 bits per heavy atom. The molecule has 7 aromatic carbocycles. The van der Waals surface area contributed by atoms with Crippen LogP contribution in [0.3, 0.4) is 0 Å². The van der Waals surface area contributed by atoms with E-state index < -0.39 is 0 Å². The fraction of sp³-hybridized carbons (Fsp3) is 0.192. The summed E-state index contributed by atoms with van der Waals surface area (Å²) in [5.41, 5.74) is 17.8. The highest BCUT2D eigenvalue weighted by Gasteiger charge is 2.40. The van der Waals surface area contributed by atoms with Crippen molar-refractivity contribution in [1.82, 2.24) is 0 Å². The average molecular weight is 684 g/mol. The standard InChI is InChI=1S/C52H45N/c1-52(2)49-20-12-11-19-45(49)48-33-47(37-15-7-4-8-16-37)51(34-50(48)52)53(42-29-25-39(26-30-42)46-32-35-21-22-40(46)31-35)41-27-23-38(24-28-41)44-18-10-9-17-43(44)36-13-5-3-6-14-36/h3-20,23-30,33-35,40,46H,21-22,31-32H2,1-2H3. The largest absolute Gasteiger partial charge is 0.310 e. The van der Waals surface area contributed by atoms with Crippen molar-refractivity contribution in [2.45, 2.75) is 50.9 Å². The lowest BCUT2D eigenvalue weighted by Crippen LogP contribution is -2.17. The van der Waals surface area contributed by atoms with Gasteiger partial charge in [0.2, 0.25) is 0 Å². The predicted octanol–water partition coefficient (Wildman–Crippen LogP) is 14.4. The summed E-state index contributed by atoms with van der Waals surface area (Å²) in [6, 6.07) is 63.3. The Morgan fingerprint density at radius 1 is 0.453 bits per heavy atom. The SMILES string of the molecule is CC1(C)c2ccccc2-c2cc(-c3ccccc3)c(N(c3ccc(-c4ccccc4-c4ccccc4)cc3)c3ccc(C4CC5CCC4C5)cc3)cc21. The van der Waals surface area contributed by atoms with Crippen molar-refractivity contribution < 1.29 is 0 Å². The minimum atomic E-state index is -0.113. The highest BCUT2D eigenvalue weighted by atomic mass is 15.1. The first-order valence-electron chi connectivity index (χ1n) is 19.5. The van der Waals surface area contributed by atoms with Crippen LogP contribution in [0.25, 0.3) is 44.5 Å². The molecule has 53 heavy (non-hydrogen) atoms. The van der Waals surface area contributed by atoms with E-state index in [1.165, 1.54) is 98.3 Å².